The summed E-state index contributed by atoms with van der Waals surface area (Å²) in [6.07, 6.45) is 6.13. The Kier molecular flexibility index (Phi) is 3.24. The van der Waals surface area contributed by atoms with E-state index in [0.717, 1.165) is 17.7 Å². The molecule has 90 valence electrons. The molecule has 1 heterocycles. The summed E-state index contributed by atoms with van der Waals surface area (Å²) in [5.41, 5.74) is 2.33. The second-order valence-corrected chi connectivity index (χ2v) is 6.39. The van der Waals surface area contributed by atoms with Gasteiger partial charge < -0.3 is 0 Å². The van der Waals surface area contributed by atoms with Crippen molar-refractivity contribution in [1.82, 2.24) is 0 Å². The zero-order chi connectivity index (χ0) is 11.7. The number of ketones is 1. The zero-order valence-electron chi connectivity index (χ0n) is 10.0. The first-order valence-corrected chi connectivity index (χ1v) is 7.66. The van der Waals surface area contributed by atoms with E-state index in [1.807, 2.05) is 23.9 Å². The van der Waals surface area contributed by atoms with E-state index in [1.165, 1.54) is 31.2 Å². The highest BCUT2D eigenvalue weighted by Crippen LogP contribution is 2.39. The van der Waals surface area contributed by atoms with Gasteiger partial charge in [-0.1, -0.05) is 30.7 Å². The molecule has 1 nitrogen and oxygen atoms in total. The smallest absolute Gasteiger partial charge is 0.176 e. The first-order chi connectivity index (χ1) is 8.36. The maximum atomic E-state index is 12.5. The third-order valence-corrected chi connectivity index (χ3v) is 5.37. The number of carbonyl (C=O) groups is 1. The van der Waals surface area contributed by atoms with Crippen LogP contribution in [0.1, 0.15) is 53.9 Å². The van der Waals surface area contributed by atoms with Crippen LogP contribution in [0.3, 0.4) is 0 Å². The fourth-order valence-corrected chi connectivity index (χ4v) is 3.98. The molecule has 1 aromatic carbocycles. The lowest BCUT2D eigenvalue weighted by molar-refractivity contribution is 0.0986. The van der Waals surface area contributed by atoms with Gasteiger partial charge in [0.05, 0.1) is 5.25 Å². The topological polar surface area (TPSA) is 17.1 Å². The van der Waals surface area contributed by atoms with Crippen LogP contribution in [0.25, 0.3) is 0 Å². The third kappa shape index (κ3) is 2.15. The molecule has 1 aromatic rings. The summed E-state index contributed by atoms with van der Waals surface area (Å²) in [6.45, 7) is 0. The Hall–Kier alpha value is -0.760. The summed E-state index contributed by atoms with van der Waals surface area (Å²) in [4.78, 5) is 12.5. The molecule has 0 bridgehead atoms. The lowest BCUT2D eigenvalue weighted by Crippen LogP contribution is -2.19. The second kappa shape index (κ2) is 4.85. The van der Waals surface area contributed by atoms with Crippen molar-refractivity contribution in [2.24, 2.45) is 0 Å². The van der Waals surface area contributed by atoms with E-state index in [-0.39, 0.29) is 5.25 Å². The molecule has 2 heteroatoms. The summed E-state index contributed by atoms with van der Waals surface area (Å²) in [5, 5.41) is 0.233. The number of thioether (sulfide) groups is 1. The number of benzene rings is 1. The molecule has 1 saturated carbocycles. The fraction of sp³-hybridized carbons (Fsp3) is 0.533. The quantitative estimate of drug-likeness (QED) is 0.749. The van der Waals surface area contributed by atoms with Gasteiger partial charge in [0.25, 0.3) is 0 Å². The van der Waals surface area contributed by atoms with Crippen LogP contribution in [0.5, 0.6) is 0 Å². The van der Waals surface area contributed by atoms with E-state index in [4.69, 9.17) is 0 Å². The summed E-state index contributed by atoms with van der Waals surface area (Å²) in [7, 11) is 0. The molecular formula is C15H18OS. The van der Waals surface area contributed by atoms with E-state index in [9.17, 15) is 4.79 Å². The largest absolute Gasteiger partial charge is 0.293 e. The van der Waals surface area contributed by atoms with Gasteiger partial charge in [0.1, 0.15) is 0 Å². The van der Waals surface area contributed by atoms with Gasteiger partial charge in [0.2, 0.25) is 0 Å². The molecule has 3 rings (SSSR count). The normalized spacial score (nSPS) is 24.6. The van der Waals surface area contributed by atoms with Crippen molar-refractivity contribution in [3.05, 3.63) is 35.4 Å². The minimum atomic E-state index is 0.233. The standard InChI is InChI=1S/C15H18OS/c16-15(14-9-4-10-17-14)13-8-2-1-7-12(13)11-5-3-6-11/h1-2,7-8,11,14H,3-6,9-10H2. The molecule has 1 saturated heterocycles. The van der Waals surface area contributed by atoms with Crippen molar-refractivity contribution in [3.8, 4) is 0 Å². The van der Waals surface area contributed by atoms with Gasteiger partial charge >= 0.3 is 0 Å². The molecule has 0 amide bonds. The van der Waals surface area contributed by atoms with Crippen LogP contribution in [0, 0.1) is 0 Å². The minimum absolute atomic E-state index is 0.233. The van der Waals surface area contributed by atoms with E-state index in [1.54, 1.807) is 0 Å². The molecule has 0 spiro atoms. The summed E-state index contributed by atoms with van der Waals surface area (Å²) >= 11 is 1.84. The van der Waals surface area contributed by atoms with Crippen molar-refractivity contribution in [3.63, 3.8) is 0 Å². The molecule has 0 N–H and O–H groups in total. The molecule has 0 aromatic heterocycles. The molecular weight excluding hydrogens is 228 g/mol. The predicted molar refractivity (Wildman–Crippen MR) is 72.8 cm³/mol. The van der Waals surface area contributed by atoms with Crippen LogP contribution < -0.4 is 0 Å². The van der Waals surface area contributed by atoms with Crippen LogP contribution in [-0.4, -0.2) is 16.8 Å². The van der Waals surface area contributed by atoms with Gasteiger partial charge in [0.15, 0.2) is 5.78 Å². The lowest BCUT2D eigenvalue weighted by atomic mass is 9.77. The third-order valence-electron chi connectivity index (χ3n) is 3.99. The Morgan fingerprint density at radius 1 is 1.12 bits per heavy atom. The van der Waals surface area contributed by atoms with E-state index >= 15 is 0 Å². The summed E-state index contributed by atoms with van der Waals surface area (Å²) in [5.74, 6) is 2.19. The predicted octanol–water partition coefficient (Wildman–Crippen LogP) is 4.03. The molecule has 2 fully saturated rings. The highest BCUT2D eigenvalue weighted by atomic mass is 32.2. The first-order valence-electron chi connectivity index (χ1n) is 6.61. The summed E-state index contributed by atoms with van der Waals surface area (Å²) in [6, 6.07) is 8.28. The molecule has 1 unspecified atom stereocenters. The number of hydrogen-bond acceptors (Lipinski definition) is 2. The highest BCUT2D eigenvalue weighted by Gasteiger charge is 2.29. The minimum Gasteiger partial charge on any atom is -0.293 e. The van der Waals surface area contributed by atoms with Gasteiger partial charge in [-0.25, -0.2) is 0 Å². The number of hydrogen-bond donors (Lipinski definition) is 0. The van der Waals surface area contributed by atoms with Crippen molar-refractivity contribution < 1.29 is 4.79 Å². The lowest BCUT2D eigenvalue weighted by Gasteiger charge is -2.28. The second-order valence-electron chi connectivity index (χ2n) is 5.08. The highest BCUT2D eigenvalue weighted by molar-refractivity contribution is 8.00. The Morgan fingerprint density at radius 2 is 1.94 bits per heavy atom. The Morgan fingerprint density at radius 3 is 2.59 bits per heavy atom. The zero-order valence-corrected chi connectivity index (χ0v) is 10.8. The van der Waals surface area contributed by atoms with Crippen molar-refractivity contribution in [2.45, 2.75) is 43.3 Å². The van der Waals surface area contributed by atoms with Crippen molar-refractivity contribution >= 4 is 17.5 Å². The molecule has 17 heavy (non-hydrogen) atoms. The molecule has 2 aliphatic rings. The number of rotatable bonds is 3. The van der Waals surface area contributed by atoms with Gasteiger partial charge in [-0.15, -0.1) is 0 Å². The first kappa shape index (κ1) is 11.3. The SMILES string of the molecule is O=C(c1ccccc1C1CCC1)C1CCCS1. The van der Waals surface area contributed by atoms with Crippen molar-refractivity contribution in [1.29, 1.82) is 0 Å². The van der Waals surface area contributed by atoms with E-state index in [2.05, 4.69) is 12.1 Å². The van der Waals surface area contributed by atoms with Crippen LogP contribution in [0.4, 0.5) is 0 Å². The Labute approximate surface area is 107 Å². The van der Waals surface area contributed by atoms with Gasteiger partial charge in [-0.2, -0.15) is 11.8 Å². The molecule has 1 aliphatic carbocycles. The molecule has 1 atom stereocenters. The Bertz CT molecular complexity index is 417. The maximum absolute atomic E-state index is 12.5. The van der Waals surface area contributed by atoms with Gasteiger partial charge in [0, 0.05) is 5.56 Å². The van der Waals surface area contributed by atoms with E-state index < -0.39 is 0 Å². The number of Topliss-reactive ketones (excluding diaryl/α,β-unsaturated/α-hetero) is 1. The van der Waals surface area contributed by atoms with Crippen LogP contribution in [0.15, 0.2) is 24.3 Å². The fourth-order valence-electron chi connectivity index (χ4n) is 2.75. The van der Waals surface area contributed by atoms with Gasteiger partial charge in [-0.3, -0.25) is 4.79 Å². The van der Waals surface area contributed by atoms with Crippen LogP contribution >= 0.6 is 11.8 Å². The maximum Gasteiger partial charge on any atom is 0.176 e. The van der Waals surface area contributed by atoms with Crippen LogP contribution in [-0.2, 0) is 0 Å². The van der Waals surface area contributed by atoms with E-state index in [0.29, 0.717) is 11.7 Å². The Balaban J connectivity index is 1.87. The molecule has 1 aliphatic heterocycles. The van der Waals surface area contributed by atoms with Crippen molar-refractivity contribution in [2.75, 3.05) is 5.75 Å². The van der Waals surface area contributed by atoms with Gasteiger partial charge in [-0.05, 0) is 42.9 Å². The van der Waals surface area contributed by atoms with Crippen LogP contribution in [0.2, 0.25) is 0 Å². The average Bonchev–Trinajstić information content (AvgIpc) is 2.80. The average molecular weight is 246 g/mol. The number of carbonyl (C=O) groups excluding carboxylic acids is 1. The summed E-state index contributed by atoms with van der Waals surface area (Å²) < 4.78 is 0. The monoisotopic (exact) mass is 246 g/mol. The molecule has 0 radical (unpaired) electrons.